The quantitative estimate of drug-likeness (QED) is 0.611. The number of sulfone groups is 1. The molecule has 0 radical (unpaired) electrons. The fourth-order valence-corrected chi connectivity index (χ4v) is 1.81. The monoisotopic (exact) mass is 263 g/mol. The maximum absolute atomic E-state index is 12.3. The Hall–Kier alpha value is -1.79. The van der Waals surface area contributed by atoms with Crippen molar-refractivity contribution < 1.29 is 26.7 Å². The Morgan fingerprint density at radius 2 is 2.06 bits per heavy atom. The van der Waals surface area contributed by atoms with Crippen molar-refractivity contribution in [1.82, 2.24) is 0 Å². The third-order valence-electron chi connectivity index (χ3n) is 1.88. The van der Waals surface area contributed by atoms with Crippen LogP contribution < -0.4 is 4.74 Å². The molecular weight excluding hydrogens is 256 g/mol. The molecule has 8 heteroatoms. The molecule has 5 nitrogen and oxygen atoms in total. The van der Waals surface area contributed by atoms with E-state index >= 15 is 0 Å². The van der Waals surface area contributed by atoms with Crippen molar-refractivity contribution in [2.24, 2.45) is 4.99 Å². The molecular formula is C9H7F2NO4S. The second kappa shape index (κ2) is 5.03. The van der Waals surface area contributed by atoms with Crippen molar-refractivity contribution in [3.05, 3.63) is 18.2 Å². The molecule has 0 spiro atoms. The van der Waals surface area contributed by atoms with Crippen molar-refractivity contribution in [1.29, 1.82) is 0 Å². The number of ether oxygens (including phenoxy) is 1. The molecule has 0 N–H and O–H groups in total. The lowest BCUT2D eigenvalue weighted by molar-refractivity contribution is 0.234. The van der Waals surface area contributed by atoms with Crippen LogP contribution in [0, 0.1) is 0 Å². The first-order valence-corrected chi connectivity index (χ1v) is 5.76. The van der Waals surface area contributed by atoms with E-state index in [1.807, 2.05) is 0 Å². The molecule has 92 valence electrons. The normalized spacial score (nSPS) is 11.1. The summed E-state index contributed by atoms with van der Waals surface area (Å²) in [6.45, 7) is 0. The highest BCUT2D eigenvalue weighted by atomic mass is 32.2. The van der Waals surface area contributed by atoms with E-state index in [-0.39, 0.29) is 11.4 Å². The summed E-state index contributed by atoms with van der Waals surface area (Å²) < 4.78 is 51.6. The van der Waals surface area contributed by atoms with Gasteiger partial charge in [0.05, 0.1) is 12.0 Å². The highest BCUT2D eigenvalue weighted by Crippen LogP contribution is 2.31. The smallest absolute Gasteiger partial charge is 0.341 e. The van der Waals surface area contributed by atoms with E-state index in [9.17, 15) is 22.0 Å². The number of carbonyl (C=O) groups excluding carboxylic acids is 1. The lowest BCUT2D eigenvalue weighted by atomic mass is 10.3. The number of aliphatic imine (C=N–C) groups is 1. The summed E-state index contributed by atoms with van der Waals surface area (Å²) >= 11 is 0. The van der Waals surface area contributed by atoms with E-state index in [0.717, 1.165) is 18.2 Å². The molecule has 0 saturated carbocycles. The molecule has 1 rings (SSSR count). The largest absolute Gasteiger partial charge is 0.494 e. The van der Waals surface area contributed by atoms with E-state index in [1.54, 1.807) is 0 Å². The molecule has 17 heavy (non-hydrogen) atoms. The number of hydrogen-bond donors (Lipinski definition) is 0. The summed E-state index contributed by atoms with van der Waals surface area (Å²) in [5.74, 6) is -3.62. The summed E-state index contributed by atoms with van der Waals surface area (Å²) in [6.07, 6.45) is 1.24. The van der Waals surface area contributed by atoms with Crippen LogP contribution in [0.2, 0.25) is 0 Å². The van der Waals surface area contributed by atoms with Crippen LogP contribution in [-0.4, -0.2) is 27.4 Å². The minimum Gasteiger partial charge on any atom is -0.494 e. The molecule has 0 fully saturated rings. The Labute approximate surface area is 95.7 Å². The average Bonchev–Trinajstić information content (AvgIpc) is 2.29. The van der Waals surface area contributed by atoms with Crippen LogP contribution in [0.4, 0.5) is 14.5 Å². The minimum atomic E-state index is -4.69. The summed E-state index contributed by atoms with van der Waals surface area (Å²) in [4.78, 5) is 12.7. The van der Waals surface area contributed by atoms with E-state index in [4.69, 9.17) is 4.74 Å². The molecule has 1 aromatic carbocycles. The van der Waals surface area contributed by atoms with Crippen LogP contribution in [0.5, 0.6) is 5.75 Å². The molecule has 0 aliphatic heterocycles. The maximum atomic E-state index is 12.3. The van der Waals surface area contributed by atoms with Gasteiger partial charge in [0.2, 0.25) is 15.9 Å². The van der Waals surface area contributed by atoms with Crippen molar-refractivity contribution in [2.75, 3.05) is 7.11 Å². The van der Waals surface area contributed by atoms with Crippen molar-refractivity contribution in [2.45, 2.75) is 10.7 Å². The van der Waals surface area contributed by atoms with Crippen molar-refractivity contribution in [3.63, 3.8) is 0 Å². The van der Waals surface area contributed by atoms with Crippen LogP contribution >= 0.6 is 0 Å². The zero-order valence-corrected chi connectivity index (χ0v) is 9.37. The molecule has 1 aromatic rings. The topological polar surface area (TPSA) is 72.8 Å². The predicted octanol–water partition coefficient (Wildman–Crippen LogP) is 1.66. The van der Waals surface area contributed by atoms with Gasteiger partial charge in [-0.1, -0.05) is 0 Å². The molecule has 0 amide bonds. The second-order valence-corrected chi connectivity index (χ2v) is 4.76. The van der Waals surface area contributed by atoms with Gasteiger partial charge in [0, 0.05) is 6.07 Å². The molecule has 0 saturated heterocycles. The van der Waals surface area contributed by atoms with Crippen molar-refractivity contribution >= 4 is 21.6 Å². The van der Waals surface area contributed by atoms with E-state index in [1.165, 1.54) is 13.2 Å². The van der Waals surface area contributed by atoms with Crippen LogP contribution in [0.15, 0.2) is 28.1 Å². The number of isocyanates is 1. The number of methoxy groups -OCH3 is 1. The van der Waals surface area contributed by atoms with Crippen molar-refractivity contribution in [3.8, 4) is 5.75 Å². The van der Waals surface area contributed by atoms with Gasteiger partial charge in [-0.3, -0.25) is 0 Å². The van der Waals surface area contributed by atoms with Gasteiger partial charge in [0.15, 0.2) is 0 Å². The van der Waals surface area contributed by atoms with Gasteiger partial charge < -0.3 is 4.74 Å². The summed E-state index contributed by atoms with van der Waals surface area (Å²) in [6, 6.07) is 2.87. The number of halogens is 2. The minimum absolute atomic E-state index is 0.00992. The fraction of sp³-hybridized carbons (Fsp3) is 0.222. The van der Waals surface area contributed by atoms with Crippen LogP contribution in [0.3, 0.4) is 0 Å². The molecule has 0 unspecified atom stereocenters. The Balaban J connectivity index is 3.37. The molecule has 0 aliphatic carbocycles. The van der Waals surface area contributed by atoms with Crippen LogP contribution in [-0.2, 0) is 14.6 Å². The first-order chi connectivity index (χ1) is 7.93. The number of benzene rings is 1. The van der Waals surface area contributed by atoms with E-state index in [2.05, 4.69) is 4.99 Å². The Morgan fingerprint density at radius 1 is 1.41 bits per heavy atom. The van der Waals surface area contributed by atoms with Gasteiger partial charge in [0.25, 0.3) is 0 Å². The highest BCUT2D eigenvalue weighted by molar-refractivity contribution is 7.91. The number of hydrogen-bond acceptors (Lipinski definition) is 5. The molecule has 0 atom stereocenters. The van der Waals surface area contributed by atoms with Gasteiger partial charge in [-0.05, 0) is 12.1 Å². The maximum Gasteiger partial charge on any atom is 0.341 e. The van der Waals surface area contributed by atoms with Gasteiger partial charge in [-0.2, -0.15) is 13.8 Å². The summed E-state index contributed by atoms with van der Waals surface area (Å²) in [5.41, 5.74) is 0.00992. The third-order valence-corrected chi connectivity index (χ3v) is 3.26. The zero-order valence-electron chi connectivity index (χ0n) is 8.55. The fourth-order valence-electron chi connectivity index (χ4n) is 1.08. The SMILES string of the molecule is COc1cc(S(=O)(=O)C(F)F)ccc1N=C=O. The Morgan fingerprint density at radius 3 is 2.53 bits per heavy atom. The van der Waals surface area contributed by atoms with Gasteiger partial charge >= 0.3 is 5.76 Å². The standard InChI is InChI=1S/C9H7F2NO4S/c1-16-8-4-6(17(14,15)9(10)11)2-3-7(8)12-5-13/h2-4,9H,1H3. The third kappa shape index (κ3) is 2.66. The molecule has 0 bridgehead atoms. The number of rotatable bonds is 4. The zero-order chi connectivity index (χ0) is 13.1. The van der Waals surface area contributed by atoms with Crippen LogP contribution in [0.1, 0.15) is 0 Å². The predicted molar refractivity (Wildman–Crippen MR) is 54.0 cm³/mol. The molecule has 0 heterocycles. The lowest BCUT2D eigenvalue weighted by Gasteiger charge is -2.07. The Bertz CT molecular complexity index is 564. The van der Waals surface area contributed by atoms with Crippen LogP contribution in [0.25, 0.3) is 0 Å². The highest BCUT2D eigenvalue weighted by Gasteiger charge is 2.27. The van der Waals surface area contributed by atoms with Gasteiger partial charge in [0.1, 0.15) is 11.4 Å². The van der Waals surface area contributed by atoms with Gasteiger partial charge in [-0.15, -0.1) is 0 Å². The van der Waals surface area contributed by atoms with E-state index < -0.39 is 20.5 Å². The first kappa shape index (κ1) is 13.3. The summed E-state index contributed by atoms with van der Waals surface area (Å²) in [5, 5.41) is 0. The second-order valence-electron chi connectivity index (χ2n) is 2.84. The molecule has 0 aromatic heterocycles. The number of alkyl halides is 2. The lowest BCUT2D eigenvalue weighted by Crippen LogP contribution is -2.11. The molecule has 0 aliphatic rings. The van der Waals surface area contributed by atoms with Gasteiger partial charge in [-0.25, -0.2) is 13.2 Å². The van der Waals surface area contributed by atoms with E-state index in [0.29, 0.717) is 0 Å². The first-order valence-electron chi connectivity index (χ1n) is 4.21. The number of nitrogens with zero attached hydrogens (tertiary/aromatic N) is 1. The summed E-state index contributed by atoms with van der Waals surface area (Å²) in [7, 11) is -3.50. The Kier molecular flexibility index (Phi) is 3.93. The average molecular weight is 263 g/mol.